The minimum Gasteiger partial charge on any atom is -0.482 e. The van der Waals surface area contributed by atoms with Crippen molar-refractivity contribution >= 4 is 5.97 Å². The van der Waals surface area contributed by atoms with Gasteiger partial charge in [0, 0.05) is 5.56 Å². The number of carbonyl (C=O) groups excluding carboxylic acids is 1. The van der Waals surface area contributed by atoms with Gasteiger partial charge in [-0.25, -0.2) is 4.79 Å². The van der Waals surface area contributed by atoms with Crippen molar-refractivity contribution in [3.63, 3.8) is 0 Å². The van der Waals surface area contributed by atoms with Crippen LogP contribution in [0.1, 0.15) is 5.56 Å². The topological polar surface area (TPSA) is 35.5 Å². The molecule has 3 aromatic rings. The summed E-state index contributed by atoms with van der Waals surface area (Å²) in [5.74, 6) is 0.744. The van der Waals surface area contributed by atoms with E-state index in [9.17, 15) is 4.79 Å². The van der Waals surface area contributed by atoms with Gasteiger partial charge in [-0.1, -0.05) is 66.2 Å². The number of para-hydroxylation sites is 1. The average molecular weight is 318 g/mol. The van der Waals surface area contributed by atoms with Gasteiger partial charge in [0.25, 0.3) is 0 Å². The molecule has 0 bridgehead atoms. The molecule has 3 rings (SSSR count). The highest BCUT2D eigenvalue weighted by Crippen LogP contribution is 2.29. The van der Waals surface area contributed by atoms with Crippen LogP contribution in [0.2, 0.25) is 0 Å². The summed E-state index contributed by atoms with van der Waals surface area (Å²) >= 11 is 0. The Morgan fingerprint density at radius 1 is 0.833 bits per heavy atom. The average Bonchev–Trinajstić information content (AvgIpc) is 2.62. The molecule has 0 amide bonds. The molecule has 0 unspecified atom stereocenters. The lowest BCUT2D eigenvalue weighted by Gasteiger charge is -2.11. The number of aryl methyl sites for hydroxylation is 1. The molecule has 0 radical (unpaired) electrons. The second-order valence-electron chi connectivity index (χ2n) is 5.44. The first-order chi connectivity index (χ1) is 11.7. The third-order valence-electron chi connectivity index (χ3n) is 3.57. The largest absolute Gasteiger partial charge is 0.482 e. The Morgan fingerprint density at radius 2 is 1.50 bits per heavy atom. The van der Waals surface area contributed by atoms with Gasteiger partial charge in [-0.3, -0.25) is 0 Å². The summed E-state index contributed by atoms with van der Waals surface area (Å²) in [6.07, 6.45) is 0. The smallest absolute Gasteiger partial charge is 0.349 e. The van der Waals surface area contributed by atoms with E-state index < -0.39 is 5.97 Å². The fourth-order valence-electron chi connectivity index (χ4n) is 2.34. The molecule has 3 aromatic carbocycles. The zero-order valence-electron chi connectivity index (χ0n) is 13.4. The third-order valence-corrected chi connectivity index (χ3v) is 3.57. The van der Waals surface area contributed by atoms with Crippen LogP contribution in [0.5, 0.6) is 11.5 Å². The molecule has 0 aliphatic heterocycles. The number of esters is 1. The molecule has 120 valence electrons. The van der Waals surface area contributed by atoms with Crippen LogP contribution < -0.4 is 9.47 Å². The minimum atomic E-state index is -0.432. The van der Waals surface area contributed by atoms with Crippen LogP contribution >= 0.6 is 0 Å². The van der Waals surface area contributed by atoms with E-state index in [0.717, 1.165) is 16.7 Å². The molecule has 0 heterocycles. The first-order valence-electron chi connectivity index (χ1n) is 7.77. The second-order valence-corrected chi connectivity index (χ2v) is 5.44. The first kappa shape index (κ1) is 15.8. The predicted octanol–water partition coefficient (Wildman–Crippen LogP) is 4.65. The summed E-state index contributed by atoms with van der Waals surface area (Å²) in [6.45, 7) is 1.87. The number of rotatable bonds is 5. The van der Waals surface area contributed by atoms with Crippen molar-refractivity contribution < 1.29 is 14.3 Å². The lowest BCUT2D eigenvalue weighted by Crippen LogP contribution is -2.18. The molecule has 0 aromatic heterocycles. The Morgan fingerprint density at radius 3 is 2.25 bits per heavy atom. The quantitative estimate of drug-likeness (QED) is 0.507. The molecule has 0 saturated carbocycles. The van der Waals surface area contributed by atoms with Crippen LogP contribution in [-0.2, 0) is 4.79 Å². The fourth-order valence-corrected chi connectivity index (χ4v) is 2.34. The van der Waals surface area contributed by atoms with Crippen LogP contribution in [0.4, 0.5) is 0 Å². The van der Waals surface area contributed by atoms with Gasteiger partial charge >= 0.3 is 5.97 Å². The predicted molar refractivity (Wildman–Crippen MR) is 94.2 cm³/mol. The van der Waals surface area contributed by atoms with Crippen LogP contribution in [0.3, 0.4) is 0 Å². The SMILES string of the molecule is Cc1ccc(OCC(=O)Oc2ccccc2-c2ccccc2)cc1. The maximum absolute atomic E-state index is 12.1. The van der Waals surface area contributed by atoms with Crippen molar-refractivity contribution in [2.45, 2.75) is 6.92 Å². The van der Waals surface area contributed by atoms with Gasteiger partial charge in [-0.15, -0.1) is 0 Å². The number of benzene rings is 3. The van der Waals surface area contributed by atoms with Crippen molar-refractivity contribution in [3.8, 4) is 22.6 Å². The van der Waals surface area contributed by atoms with Gasteiger partial charge in [0.05, 0.1) is 0 Å². The second kappa shape index (κ2) is 7.47. The highest BCUT2D eigenvalue weighted by Gasteiger charge is 2.11. The van der Waals surface area contributed by atoms with Gasteiger partial charge in [0.1, 0.15) is 11.5 Å². The van der Waals surface area contributed by atoms with Crippen LogP contribution in [0.15, 0.2) is 78.9 Å². The molecule has 24 heavy (non-hydrogen) atoms. The number of ether oxygens (including phenoxy) is 2. The van der Waals surface area contributed by atoms with E-state index in [1.807, 2.05) is 79.7 Å². The highest BCUT2D eigenvalue weighted by molar-refractivity contribution is 5.78. The number of carbonyl (C=O) groups is 1. The van der Waals surface area contributed by atoms with Gasteiger partial charge in [0.15, 0.2) is 6.61 Å². The summed E-state index contributed by atoms with van der Waals surface area (Å²) in [5.41, 5.74) is 3.02. The van der Waals surface area contributed by atoms with E-state index in [0.29, 0.717) is 11.5 Å². The maximum Gasteiger partial charge on any atom is 0.349 e. The molecule has 0 aliphatic rings. The fraction of sp³-hybridized carbons (Fsp3) is 0.0952. The van der Waals surface area contributed by atoms with Crippen molar-refractivity contribution in [3.05, 3.63) is 84.4 Å². The summed E-state index contributed by atoms with van der Waals surface area (Å²) in [6, 6.07) is 24.8. The van der Waals surface area contributed by atoms with Gasteiger partial charge in [-0.2, -0.15) is 0 Å². The molecule has 3 heteroatoms. The molecule has 0 aliphatic carbocycles. The Balaban J connectivity index is 1.67. The Bertz CT molecular complexity index is 808. The van der Waals surface area contributed by atoms with E-state index in [1.54, 1.807) is 6.07 Å². The van der Waals surface area contributed by atoms with Crippen molar-refractivity contribution in [1.82, 2.24) is 0 Å². The normalized spacial score (nSPS) is 10.2. The molecule has 0 N–H and O–H groups in total. The van der Waals surface area contributed by atoms with Crippen molar-refractivity contribution in [2.24, 2.45) is 0 Å². The van der Waals surface area contributed by atoms with E-state index in [2.05, 4.69) is 0 Å². The van der Waals surface area contributed by atoms with Crippen molar-refractivity contribution in [2.75, 3.05) is 6.61 Å². The molecule has 3 nitrogen and oxygen atoms in total. The first-order valence-corrected chi connectivity index (χ1v) is 7.77. The van der Waals surface area contributed by atoms with Crippen LogP contribution in [-0.4, -0.2) is 12.6 Å². The lowest BCUT2D eigenvalue weighted by atomic mass is 10.1. The highest BCUT2D eigenvalue weighted by atomic mass is 16.6. The van der Waals surface area contributed by atoms with Crippen LogP contribution in [0, 0.1) is 6.92 Å². The van der Waals surface area contributed by atoms with E-state index in [1.165, 1.54) is 0 Å². The van der Waals surface area contributed by atoms with Gasteiger partial charge in [-0.05, 0) is 30.7 Å². The maximum atomic E-state index is 12.1. The monoisotopic (exact) mass is 318 g/mol. The number of hydrogen-bond donors (Lipinski definition) is 0. The molecule has 0 fully saturated rings. The molecular formula is C21H18O3. The van der Waals surface area contributed by atoms with E-state index in [-0.39, 0.29) is 6.61 Å². The standard InChI is InChI=1S/C21H18O3/c1-16-11-13-18(14-12-16)23-15-21(22)24-20-10-6-5-9-19(20)17-7-3-2-4-8-17/h2-14H,15H2,1H3. The molecular weight excluding hydrogens is 300 g/mol. The zero-order chi connectivity index (χ0) is 16.8. The van der Waals surface area contributed by atoms with Gasteiger partial charge < -0.3 is 9.47 Å². The van der Waals surface area contributed by atoms with Crippen molar-refractivity contribution in [1.29, 1.82) is 0 Å². The Kier molecular flexibility index (Phi) is 4.92. The lowest BCUT2D eigenvalue weighted by molar-refractivity contribution is -0.136. The Hall–Kier alpha value is -3.07. The summed E-state index contributed by atoms with van der Waals surface area (Å²) in [5, 5.41) is 0. The third kappa shape index (κ3) is 4.02. The number of hydrogen-bond acceptors (Lipinski definition) is 3. The molecule has 0 saturated heterocycles. The zero-order valence-corrected chi connectivity index (χ0v) is 13.4. The summed E-state index contributed by atoms with van der Waals surface area (Å²) in [7, 11) is 0. The molecule has 0 atom stereocenters. The van der Waals surface area contributed by atoms with Gasteiger partial charge in [0.2, 0.25) is 0 Å². The Labute approximate surface area is 141 Å². The summed E-state index contributed by atoms with van der Waals surface area (Å²) in [4.78, 5) is 12.1. The van der Waals surface area contributed by atoms with Crippen LogP contribution in [0.25, 0.3) is 11.1 Å². The van der Waals surface area contributed by atoms with E-state index >= 15 is 0 Å². The minimum absolute atomic E-state index is 0.133. The van der Waals surface area contributed by atoms with E-state index in [4.69, 9.17) is 9.47 Å². The molecule has 0 spiro atoms. The summed E-state index contributed by atoms with van der Waals surface area (Å²) < 4.78 is 10.9.